The molecule has 4 aromatic rings. The lowest BCUT2D eigenvalue weighted by molar-refractivity contribution is 0.720. The van der Waals surface area contributed by atoms with Crippen molar-refractivity contribution in [1.82, 2.24) is 18.8 Å². The van der Waals surface area contributed by atoms with Crippen molar-refractivity contribution in [3.8, 4) is 6.07 Å². The average Bonchev–Trinajstić information content (AvgIpc) is 3.25. The maximum Gasteiger partial charge on any atom is 0.141 e. The fourth-order valence-corrected chi connectivity index (χ4v) is 3.76. The van der Waals surface area contributed by atoms with Gasteiger partial charge in [0.25, 0.3) is 0 Å². The molecule has 4 heterocycles. The van der Waals surface area contributed by atoms with Crippen molar-refractivity contribution in [2.75, 3.05) is 0 Å². The zero-order valence-electron chi connectivity index (χ0n) is 15.5. The number of imidazole rings is 2. The third-order valence-electron chi connectivity index (χ3n) is 5.04. The zero-order valence-corrected chi connectivity index (χ0v) is 16.3. The van der Waals surface area contributed by atoms with Crippen LogP contribution in [0.2, 0.25) is 5.02 Å². The number of aromatic nitrogens is 4. The summed E-state index contributed by atoms with van der Waals surface area (Å²) in [5.74, 6) is 0.528. The molecule has 6 heteroatoms. The summed E-state index contributed by atoms with van der Waals surface area (Å²) in [6.45, 7) is 6.44. The normalized spacial score (nSPS) is 12.7. The van der Waals surface area contributed by atoms with Gasteiger partial charge in [-0.2, -0.15) is 5.26 Å². The van der Waals surface area contributed by atoms with E-state index in [1.807, 2.05) is 47.4 Å². The zero-order chi connectivity index (χ0) is 19.1. The largest absolute Gasteiger partial charge is 0.304 e. The van der Waals surface area contributed by atoms with Gasteiger partial charge in [0.1, 0.15) is 11.3 Å². The van der Waals surface area contributed by atoms with Crippen LogP contribution in [0.15, 0.2) is 43.0 Å². The topological polar surface area (TPSA) is 58.4 Å². The van der Waals surface area contributed by atoms with Crippen molar-refractivity contribution < 1.29 is 0 Å². The van der Waals surface area contributed by atoms with Gasteiger partial charge in [-0.05, 0) is 30.5 Å². The van der Waals surface area contributed by atoms with Crippen molar-refractivity contribution in [3.63, 3.8) is 0 Å². The smallest absolute Gasteiger partial charge is 0.141 e. The number of nitrogens with zero attached hydrogens (tertiary/aromatic N) is 5. The van der Waals surface area contributed by atoms with Gasteiger partial charge in [-0.1, -0.05) is 32.4 Å². The molecule has 4 rings (SSSR count). The maximum absolute atomic E-state index is 9.62. The first-order chi connectivity index (χ1) is 13.0. The monoisotopic (exact) mass is 377 g/mol. The van der Waals surface area contributed by atoms with Crippen LogP contribution < -0.4 is 0 Å². The van der Waals surface area contributed by atoms with Crippen molar-refractivity contribution in [1.29, 1.82) is 5.26 Å². The van der Waals surface area contributed by atoms with Crippen LogP contribution in [-0.4, -0.2) is 18.8 Å². The van der Waals surface area contributed by atoms with E-state index in [2.05, 4.69) is 41.2 Å². The SMILES string of the molecule is CC(C)c1cnc2c(CC(C)c3cnc4cc(Cl)ccn34)c(C#N)ccn12. The molecule has 0 N–H and O–H groups in total. The maximum atomic E-state index is 9.62. The Kier molecular flexibility index (Phi) is 4.37. The number of rotatable bonds is 4. The van der Waals surface area contributed by atoms with E-state index in [4.69, 9.17) is 11.6 Å². The summed E-state index contributed by atoms with van der Waals surface area (Å²) in [6, 6.07) is 7.92. The fourth-order valence-electron chi connectivity index (χ4n) is 3.61. The van der Waals surface area contributed by atoms with Crippen LogP contribution in [0.3, 0.4) is 0 Å². The molecule has 0 aliphatic heterocycles. The Labute approximate surface area is 162 Å². The summed E-state index contributed by atoms with van der Waals surface area (Å²) in [4.78, 5) is 9.10. The van der Waals surface area contributed by atoms with Gasteiger partial charge in [0, 0.05) is 52.7 Å². The summed E-state index contributed by atoms with van der Waals surface area (Å²) in [7, 11) is 0. The molecule has 0 bridgehead atoms. The predicted octanol–water partition coefficient (Wildman–Crippen LogP) is 4.98. The molecular weight excluding hydrogens is 358 g/mol. The van der Waals surface area contributed by atoms with Gasteiger partial charge in [0.05, 0.1) is 11.6 Å². The van der Waals surface area contributed by atoms with E-state index >= 15 is 0 Å². The second kappa shape index (κ2) is 6.71. The number of pyridine rings is 2. The first kappa shape index (κ1) is 17.6. The number of fused-ring (bicyclic) bond motifs is 2. The first-order valence-corrected chi connectivity index (χ1v) is 9.38. The minimum Gasteiger partial charge on any atom is -0.304 e. The van der Waals surface area contributed by atoms with E-state index in [1.165, 1.54) is 0 Å². The molecule has 0 aliphatic carbocycles. The van der Waals surface area contributed by atoms with E-state index < -0.39 is 0 Å². The average molecular weight is 378 g/mol. The van der Waals surface area contributed by atoms with Crippen LogP contribution in [0, 0.1) is 11.3 Å². The van der Waals surface area contributed by atoms with E-state index in [-0.39, 0.29) is 5.92 Å². The lowest BCUT2D eigenvalue weighted by atomic mass is 9.96. The summed E-state index contributed by atoms with van der Waals surface area (Å²) >= 11 is 6.07. The summed E-state index contributed by atoms with van der Waals surface area (Å²) < 4.78 is 4.15. The molecule has 136 valence electrons. The molecule has 0 amide bonds. The molecular formula is C21H20ClN5. The molecule has 0 spiro atoms. The molecule has 27 heavy (non-hydrogen) atoms. The quantitative estimate of drug-likeness (QED) is 0.504. The van der Waals surface area contributed by atoms with Gasteiger partial charge in [-0.25, -0.2) is 9.97 Å². The highest BCUT2D eigenvalue weighted by Gasteiger charge is 2.19. The van der Waals surface area contributed by atoms with Gasteiger partial charge in [-0.15, -0.1) is 0 Å². The molecule has 1 unspecified atom stereocenters. The summed E-state index contributed by atoms with van der Waals surface area (Å²) in [5.41, 5.74) is 5.57. The van der Waals surface area contributed by atoms with Gasteiger partial charge in [0.15, 0.2) is 0 Å². The number of hydrogen-bond donors (Lipinski definition) is 0. The molecule has 0 radical (unpaired) electrons. The molecule has 0 saturated carbocycles. The molecule has 4 aromatic heterocycles. The number of nitriles is 1. The second-order valence-electron chi connectivity index (χ2n) is 7.21. The van der Waals surface area contributed by atoms with Crippen molar-refractivity contribution in [2.24, 2.45) is 0 Å². The molecule has 1 atom stereocenters. The Morgan fingerprint density at radius 2 is 1.81 bits per heavy atom. The van der Waals surface area contributed by atoms with Crippen LogP contribution in [-0.2, 0) is 6.42 Å². The van der Waals surface area contributed by atoms with Crippen LogP contribution in [0.5, 0.6) is 0 Å². The molecule has 0 aromatic carbocycles. The number of halogens is 1. The Bertz CT molecular complexity index is 1180. The predicted molar refractivity (Wildman–Crippen MR) is 106 cm³/mol. The van der Waals surface area contributed by atoms with Gasteiger partial charge in [-0.3, -0.25) is 0 Å². The lowest BCUT2D eigenvalue weighted by Gasteiger charge is -2.14. The molecule has 0 fully saturated rings. The van der Waals surface area contributed by atoms with E-state index in [0.29, 0.717) is 22.9 Å². The molecule has 5 nitrogen and oxygen atoms in total. The van der Waals surface area contributed by atoms with Crippen molar-refractivity contribution in [3.05, 3.63) is 70.5 Å². The van der Waals surface area contributed by atoms with Crippen molar-refractivity contribution >= 4 is 22.9 Å². The Morgan fingerprint density at radius 1 is 1.07 bits per heavy atom. The third-order valence-corrected chi connectivity index (χ3v) is 5.28. The van der Waals surface area contributed by atoms with Gasteiger partial charge >= 0.3 is 0 Å². The Morgan fingerprint density at radius 3 is 2.56 bits per heavy atom. The molecule has 0 saturated heterocycles. The van der Waals surface area contributed by atoms with Crippen LogP contribution in [0.4, 0.5) is 0 Å². The highest BCUT2D eigenvalue weighted by molar-refractivity contribution is 6.30. The molecule has 0 aliphatic rings. The highest BCUT2D eigenvalue weighted by atomic mass is 35.5. The van der Waals surface area contributed by atoms with Crippen molar-refractivity contribution in [2.45, 2.75) is 39.0 Å². The Hall–Kier alpha value is -2.84. The van der Waals surface area contributed by atoms with E-state index in [9.17, 15) is 5.26 Å². The van der Waals surface area contributed by atoms with Gasteiger partial charge in [0.2, 0.25) is 0 Å². The first-order valence-electron chi connectivity index (χ1n) is 9.01. The minimum atomic E-state index is 0.165. The van der Waals surface area contributed by atoms with Crippen LogP contribution in [0.25, 0.3) is 11.3 Å². The summed E-state index contributed by atoms with van der Waals surface area (Å²) in [5, 5.41) is 10.3. The summed E-state index contributed by atoms with van der Waals surface area (Å²) in [6.07, 6.45) is 8.38. The highest BCUT2D eigenvalue weighted by Crippen LogP contribution is 2.28. The van der Waals surface area contributed by atoms with E-state index in [1.54, 1.807) is 0 Å². The standard InChI is InChI=1S/C21H20ClN5/c1-13(2)18-11-25-21-17(15(10-23)4-6-27(18)21)8-14(3)19-12-24-20-9-16(22)5-7-26(19)20/h4-7,9,11-14H,8H2,1-3H3. The number of hydrogen-bond acceptors (Lipinski definition) is 3. The van der Waals surface area contributed by atoms with E-state index in [0.717, 1.165) is 28.2 Å². The lowest BCUT2D eigenvalue weighted by Crippen LogP contribution is -2.06. The Balaban J connectivity index is 1.79. The van der Waals surface area contributed by atoms with Crippen LogP contribution in [0.1, 0.15) is 55.1 Å². The van der Waals surface area contributed by atoms with Gasteiger partial charge < -0.3 is 8.80 Å². The fraction of sp³-hybridized carbons (Fsp3) is 0.286. The van der Waals surface area contributed by atoms with Crippen LogP contribution >= 0.6 is 11.6 Å². The second-order valence-corrected chi connectivity index (χ2v) is 7.65. The minimum absolute atomic E-state index is 0.165. The third kappa shape index (κ3) is 2.96.